The molecule has 0 saturated carbocycles. The number of thioether (sulfide) groups is 1. The molecular weight excluding hydrogens is 396 g/mol. The minimum Gasteiger partial charge on any atom is -0.370 e. The van der Waals surface area contributed by atoms with Crippen LogP contribution in [0.5, 0.6) is 0 Å². The van der Waals surface area contributed by atoms with E-state index in [1.54, 1.807) is 11.8 Å². The molecule has 2 aliphatic heterocycles. The molecule has 3 atom stereocenters. The normalized spacial score (nSPS) is 24.0. The third-order valence-electron chi connectivity index (χ3n) is 5.70. The molecular formula is C23H22N4O2S. The van der Waals surface area contributed by atoms with E-state index >= 15 is 0 Å². The van der Waals surface area contributed by atoms with Crippen molar-refractivity contribution in [2.45, 2.75) is 30.1 Å². The van der Waals surface area contributed by atoms with Crippen LogP contribution in [-0.2, 0) is 4.79 Å². The van der Waals surface area contributed by atoms with Crippen molar-refractivity contribution in [1.29, 1.82) is 0 Å². The van der Waals surface area contributed by atoms with Crippen LogP contribution in [0.15, 0.2) is 76.3 Å². The first-order valence-electron chi connectivity index (χ1n) is 9.87. The quantitative estimate of drug-likeness (QED) is 0.610. The molecule has 3 unspecified atom stereocenters. The molecule has 0 bridgehead atoms. The van der Waals surface area contributed by atoms with Crippen LogP contribution in [0, 0.1) is 0 Å². The molecule has 7 heteroatoms. The fraction of sp³-hybridized carbons (Fsp3) is 0.217. The highest BCUT2D eigenvalue weighted by molar-refractivity contribution is 8.13. The Morgan fingerprint density at radius 1 is 1.10 bits per heavy atom. The van der Waals surface area contributed by atoms with Gasteiger partial charge in [-0.25, -0.2) is 0 Å². The summed E-state index contributed by atoms with van der Waals surface area (Å²) in [6.45, 7) is 2.02. The van der Waals surface area contributed by atoms with E-state index in [9.17, 15) is 9.90 Å². The highest BCUT2D eigenvalue weighted by Gasteiger charge is 2.43. The van der Waals surface area contributed by atoms with Gasteiger partial charge in [0, 0.05) is 40.2 Å². The number of aromatic nitrogens is 1. The van der Waals surface area contributed by atoms with E-state index in [0.29, 0.717) is 11.1 Å². The number of H-pyrrole nitrogens is 1. The fourth-order valence-corrected chi connectivity index (χ4v) is 5.33. The van der Waals surface area contributed by atoms with Crippen molar-refractivity contribution in [3.8, 4) is 0 Å². The number of carbonyl (C=O) groups is 1. The van der Waals surface area contributed by atoms with Crippen LogP contribution in [-0.4, -0.2) is 51.4 Å². The Bertz CT molecular complexity index is 1180. The zero-order valence-corrected chi connectivity index (χ0v) is 17.5. The lowest BCUT2D eigenvalue weighted by molar-refractivity contribution is -0.116. The van der Waals surface area contributed by atoms with Crippen LogP contribution < -0.4 is 5.32 Å². The standard InChI is InChI=1S/C23H22N4O2S/c1-13-20(27(2)23(25-13)30-14-8-4-3-5-9-14)19-18(21(28)26-22(19)29)16-12-24-17-11-7-6-10-15(16)17/h3-13,20,22,24,29H,1-2H3,(H,26,28). The number of aliphatic imine (C=N–C) groups is 1. The van der Waals surface area contributed by atoms with Gasteiger partial charge < -0.3 is 20.3 Å². The molecule has 1 amide bonds. The highest BCUT2D eigenvalue weighted by Crippen LogP contribution is 2.38. The Balaban J connectivity index is 1.56. The van der Waals surface area contributed by atoms with Crippen LogP contribution >= 0.6 is 11.8 Å². The number of likely N-dealkylation sites (N-methyl/N-ethyl adjacent to an activating group) is 1. The maximum absolute atomic E-state index is 12.9. The third kappa shape index (κ3) is 3.02. The number of benzene rings is 2. The number of fused-ring (bicyclic) bond motifs is 1. The average molecular weight is 419 g/mol. The number of rotatable bonds is 3. The fourth-order valence-electron chi connectivity index (χ4n) is 4.35. The van der Waals surface area contributed by atoms with Crippen LogP contribution in [0.4, 0.5) is 0 Å². The van der Waals surface area contributed by atoms with E-state index in [1.165, 1.54) is 0 Å². The third-order valence-corrected chi connectivity index (χ3v) is 6.78. The van der Waals surface area contributed by atoms with Gasteiger partial charge in [0.1, 0.15) is 0 Å². The summed E-state index contributed by atoms with van der Waals surface area (Å²) in [7, 11) is 1.97. The van der Waals surface area contributed by atoms with Gasteiger partial charge in [-0.05, 0) is 25.1 Å². The Morgan fingerprint density at radius 2 is 1.83 bits per heavy atom. The van der Waals surface area contributed by atoms with Crippen molar-refractivity contribution >= 4 is 39.3 Å². The summed E-state index contributed by atoms with van der Waals surface area (Å²) in [6, 6.07) is 17.6. The molecule has 2 aliphatic rings. The van der Waals surface area contributed by atoms with Crippen molar-refractivity contribution in [3.63, 3.8) is 0 Å². The summed E-state index contributed by atoms with van der Waals surface area (Å²) in [5, 5.41) is 15.3. The van der Waals surface area contributed by atoms with Gasteiger partial charge in [-0.1, -0.05) is 48.2 Å². The number of para-hydroxylation sites is 1. The Kier molecular flexibility index (Phi) is 4.64. The largest absolute Gasteiger partial charge is 0.370 e. The lowest BCUT2D eigenvalue weighted by Crippen LogP contribution is -2.41. The number of aliphatic hydroxyl groups is 1. The Morgan fingerprint density at radius 3 is 2.63 bits per heavy atom. The maximum Gasteiger partial charge on any atom is 0.254 e. The molecule has 1 aromatic heterocycles. The van der Waals surface area contributed by atoms with E-state index < -0.39 is 6.23 Å². The zero-order chi connectivity index (χ0) is 20.8. The highest BCUT2D eigenvalue weighted by atomic mass is 32.2. The second-order valence-corrected chi connectivity index (χ2v) is 8.62. The number of amidine groups is 1. The van der Waals surface area contributed by atoms with Gasteiger partial charge in [0.05, 0.1) is 17.7 Å². The van der Waals surface area contributed by atoms with Gasteiger partial charge in [-0.2, -0.15) is 0 Å². The summed E-state index contributed by atoms with van der Waals surface area (Å²) in [5.41, 5.74) is 2.97. The van der Waals surface area contributed by atoms with E-state index in [2.05, 4.69) is 15.2 Å². The molecule has 0 spiro atoms. The molecule has 3 N–H and O–H groups in total. The second kappa shape index (κ2) is 7.34. The van der Waals surface area contributed by atoms with E-state index in [1.807, 2.05) is 74.8 Å². The first-order valence-corrected chi connectivity index (χ1v) is 10.7. The number of carbonyl (C=O) groups excluding carboxylic acids is 1. The molecule has 5 rings (SSSR count). The molecule has 30 heavy (non-hydrogen) atoms. The topological polar surface area (TPSA) is 80.7 Å². The SMILES string of the molecule is CC1N=C(Sc2ccccc2)N(C)C1C1=C(c2c[nH]c3ccccc23)C(=O)NC1O. The van der Waals surface area contributed by atoms with Gasteiger partial charge >= 0.3 is 0 Å². The summed E-state index contributed by atoms with van der Waals surface area (Å²) in [4.78, 5) is 24.1. The molecule has 0 aliphatic carbocycles. The first kappa shape index (κ1) is 19.0. The Labute approximate surface area is 178 Å². The monoisotopic (exact) mass is 418 g/mol. The number of nitrogens with zero attached hydrogens (tertiary/aromatic N) is 2. The predicted octanol–water partition coefficient (Wildman–Crippen LogP) is 3.22. The zero-order valence-electron chi connectivity index (χ0n) is 16.7. The minimum atomic E-state index is -1.03. The molecule has 3 aromatic rings. The van der Waals surface area contributed by atoms with Crippen LogP contribution in [0.2, 0.25) is 0 Å². The number of hydrogen-bond acceptors (Lipinski definition) is 5. The van der Waals surface area contributed by atoms with Gasteiger partial charge in [0.2, 0.25) is 0 Å². The smallest absolute Gasteiger partial charge is 0.254 e. The maximum atomic E-state index is 12.9. The lowest BCUT2D eigenvalue weighted by Gasteiger charge is -2.28. The van der Waals surface area contributed by atoms with Crippen molar-refractivity contribution in [1.82, 2.24) is 15.2 Å². The number of aliphatic hydroxyl groups excluding tert-OH is 1. The van der Waals surface area contributed by atoms with Gasteiger partial charge in [0.25, 0.3) is 5.91 Å². The molecule has 0 fully saturated rings. The van der Waals surface area contributed by atoms with E-state index in [0.717, 1.165) is 26.5 Å². The van der Waals surface area contributed by atoms with Crippen molar-refractivity contribution in [3.05, 3.63) is 71.9 Å². The van der Waals surface area contributed by atoms with Gasteiger partial charge in [-0.3, -0.25) is 9.79 Å². The summed E-state index contributed by atoms with van der Waals surface area (Å²) in [5.74, 6) is -0.257. The average Bonchev–Trinajstić information content (AvgIpc) is 3.36. The second-order valence-electron chi connectivity index (χ2n) is 7.58. The number of nitrogens with one attached hydrogen (secondary N) is 2. The molecule has 0 saturated heterocycles. The van der Waals surface area contributed by atoms with E-state index in [4.69, 9.17) is 4.99 Å². The summed E-state index contributed by atoms with van der Waals surface area (Å²) < 4.78 is 0. The molecule has 3 heterocycles. The van der Waals surface area contributed by atoms with Crippen molar-refractivity contribution < 1.29 is 9.90 Å². The van der Waals surface area contributed by atoms with Crippen LogP contribution in [0.25, 0.3) is 16.5 Å². The molecule has 152 valence electrons. The molecule has 2 aromatic carbocycles. The number of hydrogen-bond donors (Lipinski definition) is 3. The lowest BCUT2D eigenvalue weighted by atomic mass is 9.92. The number of amides is 1. The predicted molar refractivity (Wildman–Crippen MR) is 120 cm³/mol. The molecule has 0 radical (unpaired) electrons. The van der Waals surface area contributed by atoms with Gasteiger partial charge in [-0.15, -0.1) is 0 Å². The van der Waals surface area contributed by atoms with Crippen LogP contribution in [0.3, 0.4) is 0 Å². The summed E-state index contributed by atoms with van der Waals surface area (Å²) in [6.07, 6.45) is 0.810. The Hall–Kier alpha value is -3.03. The minimum absolute atomic E-state index is 0.0984. The molecule has 6 nitrogen and oxygen atoms in total. The van der Waals surface area contributed by atoms with E-state index in [-0.39, 0.29) is 18.0 Å². The van der Waals surface area contributed by atoms with Crippen molar-refractivity contribution in [2.75, 3.05) is 7.05 Å². The van der Waals surface area contributed by atoms with Crippen molar-refractivity contribution in [2.24, 2.45) is 4.99 Å². The van der Waals surface area contributed by atoms with Gasteiger partial charge in [0.15, 0.2) is 11.4 Å². The summed E-state index contributed by atoms with van der Waals surface area (Å²) >= 11 is 1.59. The number of aromatic amines is 1. The first-order chi connectivity index (χ1) is 14.5. The van der Waals surface area contributed by atoms with Crippen LogP contribution in [0.1, 0.15) is 12.5 Å².